The lowest BCUT2D eigenvalue weighted by atomic mass is 10.2. The molecule has 27 heavy (non-hydrogen) atoms. The van der Waals surface area contributed by atoms with E-state index in [2.05, 4.69) is 15.9 Å². The summed E-state index contributed by atoms with van der Waals surface area (Å²) < 4.78 is 33.8. The van der Waals surface area contributed by atoms with Crippen molar-refractivity contribution < 1.29 is 17.9 Å². The van der Waals surface area contributed by atoms with Crippen LogP contribution in [0.2, 0.25) is 0 Å². The summed E-state index contributed by atoms with van der Waals surface area (Å²) in [5.41, 5.74) is 1.40. The molecule has 0 saturated carbocycles. The molecule has 2 aromatic rings. The molecule has 0 aromatic heterocycles. The van der Waals surface area contributed by atoms with Gasteiger partial charge in [-0.05, 0) is 37.3 Å². The summed E-state index contributed by atoms with van der Waals surface area (Å²) in [5.74, 6) is -0.242. The molecule has 0 atom stereocenters. The number of sulfonamides is 1. The topological polar surface area (TPSA) is 66.9 Å². The van der Waals surface area contributed by atoms with Crippen molar-refractivity contribution in [3.8, 4) is 0 Å². The van der Waals surface area contributed by atoms with Gasteiger partial charge in [0.05, 0.1) is 23.8 Å². The van der Waals surface area contributed by atoms with Crippen LogP contribution in [-0.4, -0.2) is 52.1 Å². The lowest BCUT2D eigenvalue weighted by Crippen LogP contribution is -2.47. The first-order valence-corrected chi connectivity index (χ1v) is 10.8. The van der Waals surface area contributed by atoms with Gasteiger partial charge >= 0.3 is 0 Å². The minimum absolute atomic E-state index is 0.155. The first-order chi connectivity index (χ1) is 12.9. The number of carbonyl (C=O) groups is 1. The number of nitrogens with zero attached hydrogens (tertiary/aromatic N) is 2. The number of halogens is 1. The molecule has 1 amide bonds. The molecule has 3 rings (SSSR count). The monoisotopic (exact) mass is 452 g/mol. The van der Waals surface area contributed by atoms with Crippen molar-refractivity contribution in [1.29, 1.82) is 0 Å². The van der Waals surface area contributed by atoms with Crippen LogP contribution < -0.4 is 4.31 Å². The molecule has 1 aliphatic rings. The molecule has 0 N–H and O–H groups in total. The zero-order chi connectivity index (χ0) is 19.4. The Balaban J connectivity index is 1.96. The maximum absolute atomic E-state index is 13.3. The van der Waals surface area contributed by atoms with Crippen molar-refractivity contribution in [3.63, 3.8) is 0 Å². The molecule has 144 valence electrons. The molecular formula is C19H21BrN2O4S. The van der Waals surface area contributed by atoms with Crippen LogP contribution in [0.4, 0.5) is 5.69 Å². The third-order valence-corrected chi connectivity index (χ3v) is 6.63. The Labute approximate surface area is 167 Å². The molecule has 1 fully saturated rings. The Hall–Kier alpha value is -1.90. The molecule has 8 heteroatoms. The highest BCUT2D eigenvalue weighted by molar-refractivity contribution is 9.10. The predicted molar refractivity (Wildman–Crippen MR) is 107 cm³/mol. The smallest absolute Gasteiger partial charge is 0.264 e. The fourth-order valence-electron chi connectivity index (χ4n) is 2.82. The van der Waals surface area contributed by atoms with Gasteiger partial charge in [0.2, 0.25) is 5.91 Å². The summed E-state index contributed by atoms with van der Waals surface area (Å²) in [4.78, 5) is 14.5. The Morgan fingerprint density at radius 1 is 1.15 bits per heavy atom. The van der Waals surface area contributed by atoms with Crippen LogP contribution in [0.3, 0.4) is 0 Å². The number of rotatable bonds is 5. The van der Waals surface area contributed by atoms with Crippen LogP contribution in [-0.2, 0) is 19.6 Å². The molecular weight excluding hydrogens is 432 g/mol. The number of hydrogen-bond donors (Lipinski definition) is 0. The van der Waals surface area contributed by atoms with Crippen molar-refractivity contribution in [2.24, 2.45) is 0 Å². The second kappa shape index (κ2) is 8.41. The van der Waals surface area contributed by atoms with Gasteiger partial charge in [-0.2, -0.15) is 0 Å². The van der Waals surface area contributed by atoms with Crippen molar-refractivity contribution in [2.75, 3.05) is 37.2 Å². The largest absolute Gasteiger partial charge is 0.378 e. The number of aryl methyl sites for hydroxylation is 1. The van der Waals surface area contributed by atoms with Gasteiger partial charge in [-0.25, -0.2) is 8.42 Å². The normalized spacial score (nSPS) is 14.8. The van der Waals surface area contributed by atoms with E-state index in [1.807, 2.05) is 13.0 Å². The SMILES string of the molecule is Cc1ccc(S(=O)(=O)N(CC(=O)N2CCOCC2)c2cccc(Br)c2)cc1. The van der Waals surface area contributed by atoms with Gasteiger partial charge in [-0.1, -0.05) is 39.7 Å². The Morgan fingerprint density at radius 3 is 2.44 bits per heavy atom. The van der Waals surface area contributed by atoms with E-state index >= 15 is 0 Å². The summed E-state index contributed by atoms with van der Waals surface area (Å²) >= 11 is 3.37. The third-order valence-electron chi connectivity index (χ3n) is 4.35. The number of benzene rings is 2. The zero-order valence-corrected chi connectivity index (χ0v) is 17.4. The molecule has 0 radical (unpaired) electrons. The number of carbonyl (C=O) groups excluding carboxylic acids is 1. The molecule has 0 spiro atoms. The first kappa shape index (κ1) is 19.9. The van der Waals surface area contributed by atoms with Gasteiger partial charge in [-0.3, -0.25) is 9.10 Å². The van der Waals surface area contributed by atoms with Gasteiger partial charge in [0.15, 0.2) is 0 Å². The van der Waals surface area contributed by atoms with Gasteiger partial charge in [0.25, 0.3) is 10.0 Å². The summed E-state index contributed by atoms with van der Waals surface area (Å²) in [7, 11) is -3.89. The van der Waals surface area contributed by atoms with Gasteiger partial charge in [-0.15, -0.1) is 0 Å². The molecule has 0 bridgehead atoms. The van der Waals surface area contributed by atoms with E-state index in [0.29, 0.717) is 32.0 Å². The van der Waals surface area contributed by atoms with E-state index in [4.69, 9.17) is 4.74 Å². The maximum Gasteiger partial charge on any atom is 0.264 e. The lowest BCUT2D eigenvalue weighted by Gasteiger charge is -2.30. The quantitative estimate of drug-likeness (QED) is 0.699. The summed E-state index contributed by atoms with van der Waals surface area (Å²) in [6, 6.07) is 13.6. The van der Waals surface area contributed by atoms with E-state index in [1.54, 1.807) is 47.4 Å². The van der Waals surface area contributed by atoms with E-state index in [0.717, 1.165) is 10.0 Å². The minimum Gasteiger partial charge on any atom is -0.378 e. The van der Waals surface area contributed by atoms with Crippen LogP contribution in [0, 0.1) is 6.92 Å². The van der Waals surface area contributed by atoms with Crippen LogP contribution in [0.25, 0.3) is 0 Å². The Bertz CT molecular complexity index is 910. The summed E-state index contributed by atoms with van der Waals surface area (Å²) in [5, 5.41) is 0. The number of amides is 1. The second-order valence-corrected chi connectivity index (χ2v) is 9.08. The third kappa shape index (κ3) is 4.69. The lowest BCUT2D eigenvalue weighted by molar-refractivity contribution is -0.133. The predicted octanol–water partition coefficient (Wildman–Crippen LogP) is 2.81. The average molecular weight is 453 g/mol. The molecule has 0 unspecified atom stereocenters. The number of hydrogen-bond acceptors (Lipinski definition) is 4. The van der Waals surface area contributed by atoms with Crippen LogP contribution >= 0.6 is 15.9 Å². The van der Waals surface area contributed by atoms with E-state index in [-0.39, 0.29) is 17.3 Å². The molecule has 1 aliphatic heterocycles. The average Bonchev–Trinajstić information content (AvgIpc) is 2.67. The highest BCUT2D eigenvalue weighted by atomic mass is 79.9. The van der Waals surface area contributed by atoms with E-state index in [1.165, 1.54) is 4.31 Å². The van der Waals surface area contributed by atoms with Gasteiger partial charge < -0.3 is 9.64 Å². The van der Waals surface area contributed by atoms with Crippen LogP contribution in [0.15, 0.2) is 57.9 Å². The highest BCUT2D eigenvalue weighted by Gasteiger charge is 2.29. The zero-order valence-electron chi connectivity index (χ0n) is 15.0. The van der Waals surface area contributed by atoms with Crippen LogP contribution in [0.5, 0.6) is 0 Å². The van der Waals surface area contributed by atoms with E-state index in [9.17, 15) is 13.2 Å². The summed E-state index contributed by atoms with van der Waals surface area (Å²) in [6.45, 7) is 3.50. The highest BCUT2D eigenvalue weighted by Crippen LogP contribution is 2.26. The van der Waals surface area contributed by atoms with Gasteiger partial charge in [0.1, 0.15) is 6.54 Å². The maximum atomic E-state index is 13.3. The van der Waals surface area contributed by atoms with Crippen LogP contribution in [0.1, 0.15) is 5.56 Å². The van der Waals surface area contributed by atoms with E-state index < -0.39 is 10.0 Å². The molecule has 6 nitrogen and oxygen atoms in total. The second-order valence-electron chi connectivity index (χ2n) is 6.30. The molecule has 1 heterocycles. The Kier molecular flexibility index (Phi) is 6.18. The number of ether oxygens (including phenoxy) is 1. The van der Waals surface area contributed by atoms with Gasteiger partial charge in [0, 0.05) is 17.6 Å². The fraction of sp³-hybridized carbons (Fsp3) is 0.316. The number of anilines is 1. The molecule has 0 aliphatic carbocycles. The number of morpholine rings is 1. The van der Waals surface area contributed by atoms with Crippen molar-refractivity contribution >= 4 is 37.5 Å². The summed E-state index contributed by atoms with van der Waals surface area (Å²) in [6.07, 6.45) is 0. The molecule has 2 aromatic carbocycles. The van der Waals surface area contributed by atoms with Crippen molar-refractivity contribution in [1.82, 2.24) is 4.90 Å². The minimum atomic E-state index is -3.89. The first-order valence-electron chi connectivity index (χ1n) is 8.58. The van der Waals surface area contributed by atoms with Crippen molar-refractivity contribution in [2.45, 2.75) is 11.8 Å². The molecule has 1 saturated heterocycles. The Morgan fingerprint density at radius 2 is 1.81 bits per heavy atom. The fourth-order valence-corrected chi connectivity index (χ4v) is 4.61. The standard InChI is InChI=1S/C19H21BrN2O4S/c1-15-5-7-18(8-6-15)27(24,25)22(17-4-2-3-16(20)13-17)14-19(23)21-9-11-26-12-10-21/h2-8,13H,9-12,14H2,1H3. The van der Waals surface area contributed by atoms with Crippen molar-refractivity contribution in [3.05, 3.63) is 58.6 Å².